The molecule has 0 radical (unpaired) electrons. The topological polar surface area (TPSA) is 8.17 Å². The second-order valence-electron chi connectivity index (χ2n) is 18.3. The molecule has 0 unspecified atom stereocenters. The van der Waals surface area contributed by atoms with Crippen LogP contribution in [0.15, 0.2) is 267 Å². The highest BCUT2D eigenvalue weighted by Crippen LogP contribution is 2.47. The molecule has 1 aliphatic carbocycles. The molecule has 1 heterocycles. The van der Waals surface area contributed by atoms with Gasteiger partial charge in [-0.3, -0.25) is 0 Å². The number of para-hydroxylation sites is 1. The average molecular weight is 893 g/mol. The molecule has 2 heteroatoms. The second kappa shape index (κ2) is 17.6. The predicted octanol–water partition coefficient (Wildman–Crippen LogP) is 18.8. The number of nitrogens with zero attached hydrogens (tertiary/aromatic N) is 2. The number of hydrogen-bond donors (Lipinski definition) is 0. The van der Waals surface area contributed by atoms with Crippen LogP contribution in [0.2, 0.25) is 0 Å². The van der Waals surface area contributed by atoms with Crippen molar-refractivity contribution in [2.24, 2.45) is 0 Å². The summed E-state index contributed by atoms with van der Waals surface area (Å²) in [5.41, 5.74) is 19.3. The van der Waals surface area contributed by atoms with Crippen LogP contribution >= 0.6 is 0 Å². The van der Waals surface area contributed by atoms with Crippen LogP contribution in [-0.4, -0.2) is 4.57 Å². The molecule has 11 aromatic carbocycles. The van der Waals surface area contributed by atoms with E-state index < -0.39 is 0 Å². The highest BCUT2D eigenvalue weighted by atomic mass is 15.1. The predicted molar refractivity (Wildman–Crippen MR) is 299 cm³/mol. The quantitative estimate of drug-likeness (QED) is 0.140. The minimum Gasteiger partial charge on any atom is -0.311 e. The third-order valence-electron chi connectivity index (χ3n) is 14.3. The fourth-order valence-corrected chi connectivity index (χ4v) is 10.9. The summed E-state index contributed by atoms with van der Waals surface area (Å²) < 4.78 is 2.55. The zero-order valence-electron chi connectivity index (χ0n) is 38.7. The molecule has 12 aromatic rings. The lowest BCUT2D eigenvalue weighted by molar-refractivity contribution is 1.04. The van der Waals surface area contributed by atoms with E-state index in [0.29, 0.717) is 0 Å². The minimum atomic E-state index is 0.958. The molecule has 0 bridgehead atoms. The summed E-state index contributed by atoms with van der Waals surface area (Å²) in [7, 11) is 0. The molecule has 0 fully saturated rings. The van der Waals surface area contributed by atoms with Crippen LogP contribution in [0.25, 0.3) is 93.6 Å². The summed E-state index contributed by atoms with van der Waals surface area (Å²) in [6.07, 6.45) is 4.38. The zero-order chi connectivity index (χ0) is 46.4. The van der Waals surface area contributed by atoms with E-state index in [1.165, 1.54) is 105 Å². The number of anilines is 3. The lowest BCUT2D eigenvalue weighted by Crippen LogP contribution is -2.10. The zero-order valence-corrected chi connectivity index (χ0v) is 38.7. The summed E-state index contributed by atoms with van der Waals surface area (Å²) in [5, 5.41) is 7.63. The molecule has 0 atom stereocenters. The maximum atomic E-state index is 2.55. The van der Waals surface area contributed by atoms with E-state index in [1.54, 1.807) is 0 Å². The summed E-state index contributed by atoms with van der Waals surface area (Å²) in [4.78, 5) is 2.38. The summed E-state index contributed by atoms with van der Waals surface area (Å²) >= 11 is 0. The van der Waals surface area contributed by atoms with E-state index in [-0.39, 0.29) is 0 Å². The molecule has 1 aliphatic rings. The first-order valence-electron chi connectivity index (χ1n) is 24.4. The number of fused-ring (bicyclic) bond motifs is 6. The van der Waals surface area contributed by atoms with Crippen LogP contribution < -0.4 is 4.90 Å². The number of hydrogen-bond acceptors (Lipinski definition) is 1. The van der Waals surface area contributed by atoms with Gasteiger partial charge in [-0.1, -0.05) is 218 Å². The van der Waals surface area contributed by atoms with E-state index in [4.69, 9.17) is 0 Å². The van der Waals surface area contributed by atoms with E-state index in [2.05, 4.69) is 276 Å². The van der Waals surface area contributed by atoms with Crippen molar-refractivity contribution in [2.45, 2.75) is 12.8 Å². The van der Waals surface area contributed by atoms with Crippen LogP contribution in [0, 0.1) is 0 Å². The Bertz CT molecular complexity index is 3930. The molecule has 13 rings (SSSR count). The Labute approximate surface area is 409 Å². The Morgan fingerprint density at radius 3 is 1.43 bits per heavy atom. The number of aromatic nitrogens is 1. The fraction of sp³-hybridized carbons (Fsp3) is 0.0294. The van der Waals surface area contributed by atoms with Gasteiger partial charge in [-0.15, -0.1) is 0 Å². The van der Waals surface area contributed by atoms with Gasteiger partial charge in [0.25, 0.3) is 0 Å². The minimum absolute atomic E-state index is 0.958. The molecule has 0 N–H and O–H groups in total. The number of rotatable bonds is 9. The maximum absolute atomic E-state index is 2.55. The lowest BCUT2D eigenvalue weighted by Gasteiger charge is -2.28. The van der Waals surface area contributed by atoms with Crippen molar-refractivity contribution >= 4 is 77.3 Å². The van der Waals surface area contributed by atoms with Gasteiger partial charge < -0.3 is 9.47 Å². The SMILES string of the molecule is C1=C(c2ccc(N(c3ccc(-c4ccccc4)cc3)c3ccc(-c4ccc(-c5cccc6ccccc56)cc4)cc3)cc2)C(n2c3ccccc3c3c4ccccc4ccc32)=C(c2ccccc2)CC1. The van der Waals surface area contributed by atoms with Gasteiger partial charge in [0, 0.05) is 33.4 Å². The first-order chi connectivity index (χ1) is 34.7. The average Bonchev–Trinajstić information content (AvgIpc) is 3.78. The Kier molecular flexibility index (Phi) is 10.4. The molecular weight excluding hydrogens is 845 g/mol. The van der Waals surface area contributed by atoms with Crippen LogP contribution in [0.1, 0.15) is 24.0 Å². The van der Waals surface area contributed by atoms with Gasteiger partial charge in [0.2, 0.25) is 0 Å². The van der Waals surface area contributed by atoms with E-state index in [0.717, 1.165) is 29.9 Å². The summed E-state index contributed by atoms with van der Waals surface area (Å²) in [6, 6.07) is 95.4. The van der Waals surface area contributed by atoms with Crippen molar-refractivity contribution < 1.29 is 0 Å². The monoisotopic (exact) mass is 892 g/mol. The Morgan fingerprint density at radius 2 is 0.786 bits per heavy atom. The van der Waals surface area contributed by atoms with Crippen LogP contribution in [0.3, 0.4) is 0 Å². The largest absolute Gasteiger partial charge is 0.311 e. The fourth-order valence-electron chi connectivity index (χ4n) is 10.9. The Morgan fingerprint density at radius 1 is 0.314 bits per heavy atom. The van der Waals surface area contributed by atoms with Gasteiger partial charge in [-0.2, -0.15) is 0 Å². The Hall–Kier alpha value is -8.98. The molecule has 2 nitrogen and oxygen atoms in total. The van der Waals surface area contributed by atoms with Crippen molar-refractivity contribution in [1.82, 2.24) is 4.57 Å². The van der Waals surface area contributed by atoms with Crippen molar-refractivity contribution in [3.63, 3.8) is 0 Å². The molecular formula is C68H48N2. The highest BCUT2D eigenvalue weighted by molar-refractivity contribution is 6.25. The van der Waals surface area contributed by atoms with Crippen LogP contribution in [0.5, 0.6) is 0 Å². The molecule has 0 saturated carbocycles. The second-order valence-corrected chi connectivity index (χ2v) is 18.3. The van der Waals surface area contributed by atoms with E-state index in [1.807, 2.05) is 0 Å². The highest BCUT2D eigenvalue weighted by Gasteiger charge is 2.25. The van der Waals surface area contributed by atoms with Gasteiger partial charge in [0.15, 0.2) is 0 Å². The molecule has 0 saturated heterocycles. The normalized spacial score (nSPS) is 12.8. The first kappa shape index (κ1) is 41.2. The Balaban J connectivity index is 0.900. The van der Waals surface area contributed by atoms with Crippen molar-refractivity contribution in [3.8, 4) is 33.4 Å². The molecule has 0 aliphatic heterocycles. The maximum Gasteiger partial charge on any atom is 0.0575 e. The molecule has 0 spiro atoms. The van der Waals surface area contributed by atoms with Gasteiger partial charge in [-0.25, -0.2) is 0 Å². The summed E-state index contributed by atoms with van der Waals surface area (Å²) in [6.45, 7) is 0. The van der Waals surface area contributed by atoms with Crippen molar-refractivity contribution in [2.75, 3.05) is 4.90 Å². The van der Waals surface area contributed by atoms with Crippen LogP contribution in [0.4, 0.5) is 17.1 Å². The van der Waals surface area contributed by atoms with E-state index in [9.17, 15) is 0 Å². The van der Waals surface area contributed by atoms with E-state index >= 15 is 0 Å². The smallest absolute Gasteiger partial charge is 0.0575 e. The number of benzene rings is 11. The van der Waals surface area contributed by atoms with Gasteiger partial charge in [-0.05, 0) is 133 Å². The van der Waals surface area contributed by atoms with Gasteiger partial charge >= 0.3 is 0 Å². The number of allylic oxidation sites excluding steroid dienone is 4. The third-order valence-corrected chi connectivity index (χ3v) is 14.3. The lowest BCUT2D eigenvalue weighted by atomic mass is 9.87. The third kappa shape index (κ3) is 7.30. The molecule has 0 amide bonds. The standard InChI is InChI=1S/C68H48N2/c1-3-15-47(16-4-1)49-33-40-56(41-34-49)69(57-42-35-50(36-43-57)48-29-31-54(32-30-48)60-25-13-21-51-19-7-9-22-59(51)60)58-44-37-55(38-45-58)63-27-14-26-62(52-17-5-2-6-18-52)68(63)70-65-28-12-11-24-64(65)67-61-23-10-8-20-53(61)39-46-66(67)70/h1-13,15-25,27-46H,14,26H2. The molecule has 330 valence electrons. The van der Waals surface area contributed by atoms with Gasteiger partial charge in [0.1, 0.15) is 0 Å². The first-order valence-corrected chi connectivity index (χ1v) is 24.4. The molecule has 70 heavy (non-hydrogen) atoms. The van der Waals surface area contributed by atoms with Crippen molar-refractivity contribution in [1.29, 1.82) is 0 Å². The summed E-state index contributed by atoms with van der Waals surface area (Å²) in [5.74, 6) is 0. The van der Waals surface area contributed by atoms with Crippen molar-refractivity contribution in [3.05, 3.63) is 278 Å². The van der Waals surface area contributed by atoms with Gasteiger partial charge in [0.05, 0.1) is 16.7 Å². The molecule has 1 aromatic heterocycles. The van der Waals surface area contributed by atoms with Crippen LogP contribution in [-0.2, 0) is 0 Å².